The summed E-state index contributed by atoms with van der Waals surface area (Å²) in [6.45, 7) is 5.65. The average Bonchev–Trinajstić information content (AvgIpc) is 2.38. The van der Waals surface area contributed by atoms with Gasteiger partial charge in [0.1, 0.15) is 5.54 Å². The zero-order valence-corrected chi connectivity index (χ0v) is 12.3. The molecule has 3 unspecified atom stereocenters. The number of hydrogen-bond acceptors (Lipinski definition) is 3. The van der Waals surface area contributed by atoms with E-state index < -0.39 is 23.6 Å². The summed E-state index contributed by atoms with van der Waals surface area (Å²) in [4.78, 5) is 12.2. The molecule has 1 aliphatic rings. The molecule has 0 aromatic carbocycles. The number of ether oxygens (including phenoxy) is 1. The minimum absolute atomic E-state index is 0.0219. The molecule has 1 fully saturated rings. The van der Waals surface area contributed by atoms with Crippen LogP contribution in [0.25, 0.3) is 0 Å². The summed E-state index contributed by atoms with van der Waals surface area (Å²) in [7, 11) is 0. The van der Waals surface area contributed by atoms with Crippen LogP contribution in [0.4, 0.5) is 13.2 Å². The molecule has 20 heavy (non-hydrogen) atoms. The molecule has 6 heteroatoms. The van der Waals surface area contributed by atoms with E-state index in [9.17, 15) is 18.0 Å². The Labute approximate surface area is 118 Å². The molecule has 0 amide bonds. The minimum Gasteiger partial charge on any atom is -0.465 e. The summed E-state index contributed by atoms with van der Waals surface area (Å²) in [5, 5.41) is 3.09. The lowest BCUT2D eigenvalue weighted by Crippen LogP contribution is -2.59. The molecule has 0 aromatic heterocycles. The van der Waals surface area contributed by atoms with Crippen LogP contribution in [0.2, 0.25) is 0 Å². The molecular weight excluding hydrogens is 271 g/mol. The van der Waals surface area contributed by atoms with Gasteiger partial charge in [-0.05, 0) is 39.5 Å². The predicted octanol–water partition coefficient (Wildman–Crippen LogP) is 3.43. The number of carbonyl (C=O) groups excluding carboxylic acids is 1. The highest BCUT2D eigenvalue weighted by Crippen LogP contribution is 2.42. The molecular formula is C14H24F3NO2. The van der Waals surface area contributed by atoms with E-state index in [1.165, 1.54) is 0 Å². The number of halogens is 3. The van der Waals surface area contributed by atoms with Crippen LogP contribution in [0.5, 0.6) is 0 Å². The summed E-state index contributed by atoms with van der Waals surface area (Å²) in [5.41, 5.74) is -1.19. The Hall–Kier alpha value is -0.780. The molecule has 1 rings (SSSR count). The fraction of sp³-hybridized carbons (Fsp3) is 0.929. The van der Waals surface area contributed by atoms with Crippen LogP contribution < -0.4 is 5.32 Å². The quantitative estimate of drug-likeness (QED) is 0.790. The van der Waals surface area contributed by atoms with Gasteiger partial charge in [-0.2, -0.15) is 13.2 Å². The summed E-state index contributed by atoms with van der Waals surface area (Å²) in [6, 6.07) is -0.0219. The smallest absolute Gasteiger partial charge is 0.391 e. The van der Waals surface area contributed by atoms with Crippen molar-refractivity contribution in [2.24, 2.45) is 5.92 Å². The molecule has 0 aromatic rings. The highest BCUT2D eigenvalue weighted by atomic mass is 19.4. The second-order valence-electron chi connectivity index (χ2n) is 5.59. The first-order valence-electron chi connectivity index (χ1n) is 7.26. The van der Waals surface area contributed by atoms with Crippen molar-refractivity contribution in [2.45, 2.75) is 70.6 Å². The zero-order chi connectivity index (χ0) is 15.4. The number of esters is 1. The van der Waals surface area contributed by atoms with Gasteiger partial charge in [-0.25, -0.2) is 0 Å². The lowest BCUT2D eigenvalue weighted by atomic mass is 9.74. The third-order valence-corrected chi connectivity index (χ3v) is 4.02. The summed E-state index contributed by atoms with van der Waals surface area (Å²) >= 11 is 0. The van der Waals surface area contributed by atoms with Crippen LogP contribution >= 0.6 is 0 Å². The largest absolute Gasteiger partial charge is 0.465 e. The van der Waals surface area contributed by atoms with Crippen LogP contribution in [0.1, 0.15) is 52.9 Å². The van der Waals surface area contributed by atoms with E-state index in [1.54, 1.807) is 6.92 Å². The molecule has 1 aliphatic carbocycles. The van der Waals surface area contributed by atoms with E-state index >= 15 is 0 Å². The van der Waals surface area contributed by atoms with Crippen molar-refractivity contribution in [1.29, 1.82) is 0 Å². The topological polar surface area (TPSA) is 38.3 Å². The first kappa shape index (κ1) is 17.3. The number of alkyl halides is 3. The molecule has 0 heterocycles. The van der Waals surface area contributed by atoms with E-state index in [4.69, 9.17) is 4.74 Å². The van der Waals surface area contributed by atoms with Crippen LogP contribution in [-0.2, 0) is 9.53 Å². The van der Waals surface area contributed by atoms with Crippen molar-refractivity contribution in [2.75, 3.05) is 6.61 Å². The number of hydrogen-bond donors (Lipinski definition) is 1. The van der Waals surface area contributed by atoms with Crippen LogP contribution in [0, 0.1) is 5.92 Å². The van der Waals surface area contributed by atoms with E-state index in [0.29, 0.717) is 12.8 Å². The average molecular weight is 295 g/mol. The first-order chi connectivity index (χ1) is 9.25. The molecule has 0 radical (unpaired) electrons. The zero-order valence-electron chi connectivity index (χ0n) is 12.3. The van der Waals surface area contributed by atoms with Crippen LogP contribution in [-0.4, -0.2) is 30.3 Å². The van der Waals surface area contributed by atoms with Crippen molar-refractivity contribution in [3.63, 3.8) is 0 Å². The molecule has 0 bridgehead atoms. The highest BCUT2D eigenvalue weighted by molar-refractivity contribution is 5.81. The van der Waals surface area contributed by atoms with Gasteiger partial charge in [-0.3, -0.25) is 10.1 Å². The third-order valence-electron chi connectivity index (χ3n) is 4.02. The predicted molar refractivity (Wildman–Crippen MR) is 70.3 cm³/mol. The van der Waals surface area contributed by atoms with Crippen molar-refractivity contribution < 1.29 is 22.7 Å². The lowest BCUT2D eigenvalue weighted by molar-refractivity contribution is -0.193. The Balaban J connectivity index is 2.94. The van der Waals surface area contributed by atoms with Gasteiger partial charge in [-0.15, -0.1) is 0 Å². The Morgan fingerprint density at radius 1 is 1.45 bits per heavy atom. The van der Waals surface area contributed by atoms with E-state index in [1.807, 2.05) is 13.8 Å². The highest BCUT2D eigenvalue weighted by Gasteiger charge is 2.51. The van der Waals surface area contributed by atoms with E-state index in [2.05, 4.69) is 5.32 Å². The molecule has 118 valence electrons. The number of rotatable bonds is 5. The molecule has 1 saturated carbocycles. The van der Waals surface area contributed by atoms with Crippen molar-refractivity contribution >= 4 is 5.97 Å². The molecule has 0 spiro atoms. The van der Waals surface area contributed by atoms with Gasteiger partial charge in [0.2, 0.25) is 0 Å². The molecule has 3 nitrogen and oxygen atoms in total. The fourth-order valence-electron chi connectivity index (χ4n) is 2.77. The Kier molecular flexibility index (Phi) is 5.86. The van der Waals surface area contributed by atoms with Crippen LogP contribution in [0.3, 0.4) is 0 Å². The van der Waals surface area contributed by atoms with Gasteiger partial charge in [0.05, 0.1) is 12.5 Å². The molecule has 0 saturated heterocycles. The number of carbonyl (C=O) groups is 1. The molecule has 0 aliphatic heterocycles. The minimum atomic E-state index is -4.25. The van der Waals surface area contributed by atoms with Gasteiger partial charge in [0.15, 0.2) is 0 Å². The van der Waals surface area contributed by atoms with Gasteiger partial charge < -0.3 is 4.74 Å². The Bertz CT molecular complexity index is 333. The third kappa shape index (κ3) is 4.11. The normalized spacial score (nSPS) is 29.0. The van der Waals surface area contributed by atoms with E-state index in [0.717, 1.165) is 6.42 Å². The summed E-state index contributed by atoms with van der Waals surface area (Å²) in [5.74, 6) is -1.98. The molecule has 1 N–H and O–H groups in total. The second-order valence-corrected chi connectivity index (χ2v) is 5.59. The van der Waals surface area contributed by atoms with Gasteiger partial charge in [0.25, 0.3) is 0 Å². The van der Waals surface area contributed by atoms with Crippen molar-refractivity contribution in [1.82, 2.24) is 5.32 Å². The SMILES string of the molecule is CCOC(=O)C1(NC(C)CC)CCCC(C(F)(F)F)C1. The number of nitrogens with one attached hydrogen (secondary N) is 1. The maximum atomic E-state index is 13.0. The second kappa shape index (κ2) is 6.78. The van der Waals surface area contributed by atoms with Crippen molar-refractivity contribution in [3.8, 4) is 0 Å². The Morgan fingerprint density at radius 2 is 2.10 bits per heavy atom. The lowest BCUT2D eigenvalue weighted by Gasteiger charge is -2.41. The summed E-state index contributed by atoms with van der Waals surface area (Å²) < 4.78 is 43.9. The standard InChI is InChI=1S/C14H24F3NO2/c1-4-10(3)18-13(12(19)20-5-2)8-6-7-11(9-13)14(15,16)17/h10-11,18H,4-9H2,1-3H3. The monoisotopic (exact) mass is 295 g/mol. The van der Waals surface area contributed by atoms with Gasteiger partial charge >= 0.3 is 12.1 Å². The maximum absolute atomic E-state index is 13.0. The molecule has 3 atom stereocenters. The summed E-state index contributed by atoms with van der Waals surface area (Å²) in [6.07, 6.45) is -2.85. The van der Waals surface area contributed by atoms with Crippen LogP contribution in [0.15, 0.2) is 0 Å². The van der Waals surface area contributed by atoms with Gasteiger partial charge in [0, 0.05) is 6.04 Å². The fourth-order valence-corrected chi connectivity index (χ4v) is 2.77. The van der Waals surface area contributed by atoms with E-state index in [-0.39, 0.29) is 25.5 Å². The first-order valence-corrected chi connectivity index (χ1v) is 7.26. The maximum Gasteiger partial charge on any atom is 0.391 e. The van der Waals surface area contributed by atoms with Gasteiger partial charge in [-0.1, -0.05) is 13.3 Å². The van der Waals surface area contributed by atoms with Crippen molar-refractivity contribution in [3.05, 3.63) is 0 Å². The Morgan fingerprint density at radius 3 is 2.60 bits per heavy atom.